The van der Waals surface area contributed by atoms with Gasteiger partial charge in [0.05, 0.1) is 7.11 Å². The van der Waals surface area contributed by atoms with Crippen LogP contribution in [0, 0.1) is 0 Å². The molecular formula is C18H18O3. The molecule has 108 valence electrons. The first-order valence-electron chi connectivity index (χ1n) is 6.72. The Morgan fingerprint density at radius 3 is 2.29 bits per heavy atom. The van der Waals surface area contributed by atoms with E-state index in [1.54, 1.807) is 13.2 Å². The standard InChI is InChI=1S/C11H12O2.C7H6O/c1-9(12)7-8-10-5-3-4-6-11(10)13-2;1-3-7-4-2-6(1)5-8-7/h3-8H,1-2H3;1-4H,5H2. The molecule has 4 rings (SSSR count). The molecule has 0 saturated heterocycles. The largest absolute Gasteiger partial charge is 0.496 e. The number of methoxy groups -OCH3 is 1. The smallest absolute Gasteiger partial charge is 0.152 e. The van der Waals surface area contributed by atoms with Gasteiger partial charge in [0.2, 0.25) is 0 Å². The Hall–Kier alpha value is -2.55. The summed E-state index contributed by atoms with van der Waals surface area (Å²) in [7, 11) is 1.61. The van der Waals surface area contributed by atoms with Crippen LogP contribution in [-0.2, 0) is 11.4 Å². The van der Waals surface area contributed by atoms with Gasteiger partial charge < -0.3 is 9.47 Å². The highest BCUT2D eigenvalue weighted by Gasteiger charge is 2.01. The van der Waals surface area contributed by atoms with E-state index in [9.17, 15) is 4.79 Å². The molecule has 0 saturated carbocycles. The zero-order valence-corrected chi connectivity index (χ0v) is 12.2. The van der Waals surface area contributed by atoms with Gasteiger partial charge in [-0.3, -0.25) is 4.79 Å². The van der Waals surface area contributed by atoms with Crippen molar-refractivity contribution in [3.63, 3.8) is 0 Å². The fourth-order valence-corrected chi connectivity index (χ4v) is 1.86. The van der Waals surface area contributed by atoms with Crippen LogP contribution in [0.1, 0.15) is 18.1 Å². The highest BCUT2D eigenvalue weighted by molar-refractivity contribution is 5.91. The van der Waals surface area contributed by atoms with Crippen molar-refractivity contribution in [2.45, 2.75) is 13.5 Å². The monoisotopic (exact) mass is 282 g/mol. The van der Waals surface area contributed by atoms with E-state index in [1.165, 1.54) is 18.6 Å². The van der Waals surface area contributed by atoms with E-state index in [2.05, 4.69) is 12.1 Å². The minimum atomic E-state index is 0.0332. The molecule has 2 aliphatic rings. The molecule has 2 aromatic rings. The number of benzene rings is 2. The van der Waals surface area contributed by atoms with E-state index in [4.69, 9.17) is 9.47 Å². The second kappa shape index (κ2) is 7.29. The van der Waals surface area contributed by atoms with Crippen molar-refractivity contribution < 1.29 is 14.3 Å². The lowest BCUT2D eigenvalue weighted by Gasteiger charge is -2.11. The van der Waals surface area contributed by atoms with Crippen LogP contribution in [0.2, 0.25) is 0 Å². The van der Waals surface area contributed by atoms with Crippen LogP contribution in [0.25, 0.3) is 6.08 Å². The van der Waals surface area contributed by atoms with Gasteiger partial charge in [-0.1, -0.05) is 30.3 Å². The maximum atomic E-state index is 10.7. The van der Waals surface area contributed by atoms with Gasteiger partial charge in [-0.25, -0.2) is 0 Å². The van der Waals surface area contributed by atoms with Crippen molar-refractivity contribution in [3.05, 3.63) is 65.7 Å². The number of ether oxygens (including phenoxy) is 2. The van der Waals surface area contributed by atoms with Crippen LogP contribution in [0.5, 0.6) is 11.5 Å². The van der Waals surface area contributed by atoms with Gasteiger partial charge >= 0.3 is 0 Å². The number of hydrogen-bond donors (Lipinski definition) is 0. The molecule has 2 heterocycles. The lowest BCUT2D eigenvalue weighted by atomic mass is 10.2. The zero-order valence-electron chi connectivity index (χ0n) is 12.2. The summed E-state index contributed by atoms with van der Waals surface area (Å²) in [6, 6.07) is 15.7. The van der Waals surface area contributed by atoms with E-state index >= 15 is 0 Å². The van der Waals surface area contributed by atoms with Crippen molar-refractivity contribution in [2.24, 2.45) is 0 Å². The van der Waals surface area contributed by atoms with Crippen LogP contribution in [0.3, 0.4) is 0 Å². The third-order valence-electron chi connectivity index (χ3n) is 2.97. The normalized spacial score (nSPS) is 11.5. The highest BCUT2D eigenvalue weighted by atomic mass is 16.5. The van der Waals surface area contributed by atoms with Gasteiger partial charge in [0.1, 0.15) is 18.1 Å². The molecule has 0 amide bonds. The predicted molar refractivity (Wildman–Crippen MR) is 83.5 cm³/mol. The number of allylic oxidation sites excluding steroid dienone is 1. The molecule has 0 radical (unpaired) electrons. The van der Waals surface area contributed by atoms with Gasteiger partial charge in [-0.05, 0) is 42.8 Å². The Morgan fingerprint density at radius 1 is 1.14 bits per heavy atom. The summed E-state index contributed by atoms with van der Waals surface area (Å²) in [6.45, 7) is 2.29. The van der Waals surface area contributed by atoms with Gasteiger partial charge in [0.25, 0.3) is 0 Å². The van der Waals surface area contributed by atoms with Crippen molar-refractivity contribution in [1.29, 1.82) is 0 Å². The molecule has 2 aromatic carbocycles. The summed E-state index contributed by atoms with van der Waals surface area (Å²) in [5.74, 6) is 1.80. The molecule has 2 aliphatic heterocycles. The number of carbonyl (C=O) groups excluding carboxylic acids is 1. The lowest BCUT2D eigenvalue weighted by molar-refractivity contribution is -0.112. The number of rotatable bonds is 3. The van der Waals surface area contributed by atoms with E-state index in [0.29, 0.717) is 0 Å². The van der Waals surface area contributed by atoms with Gasteiger partial charge in [-0.15, -0.1) is 0 Å². The van der Waals surface area contributed by atoms with Crippen molar-refractivity contribution in [1.82, 2.24) is 0 Å². The summed E-state index contributed by atoms with van der Waals surface area (Å²) in [5, 5.41) is 0. The second-order valence-electron chi connectivity index (χ2n) is 4.62. The van der Waals surface area contributed by atoms with Crippen LogP contribution >= 0.6 is 0 Å². The molecule has 3 heteroatoms. The van der Waals surface area contributed by atoms with Crippen molar-refractivity contribution in [3.8, 4) is 11.5 Å². The molecule has 0 aliphatic carbocycles. The van der Waals surface area contributed by atoms with Crippen LogP contribution in [-0.4, -0.2) is 12.9 Å². The third-order valence-corrected chi connectivity index (χ3v) is 2.97. The Morgan fingerprint density at radius 2 is 1.86 bits per heavy atom. The van der Waals surface area contributed by atoms with Crippen LogP contribution in [0.15, 0.2) is 54.6 Å². The molecule has 3 nitrogen and oxygen atoms in total. The summed E-state index contributed by atoms with van der Waals surface area (Å²) >= 11 is 0. The molecule has 2 bridgehead atoms. The predicted octanol–water partition coefficient (Wildman–Crippen LogP) is 3.88. The molecule has 0 aromatic heterocycles. The summed E-state index contributed by atoms with van der Waals surface area (Å²) < 4.78 is 10.3. The molecule has 0 unspecified atom stereocenters. The zero-order chi connectivity index (χ0) is 15.1. The quantitative estimate of drug-likeness (QED) is 0.801. The first-order chi connectivity index (χ1) is 10.2. The average Bonchev–Trinajstić information content (AvgIpc) is 2.55. The fraction of sp³-hybridized carbons (Fsp3) is 0.167. The highest BCUT2D eigenvalue weighted by Crippen LogP contribution is 2.19. The summed E-state index contributed by atoms with van der Waals surface area (Å²) in [6.07, 6.45) is 3.28. The number of ketones is 1. The minimum Gasteiger partial charge on any atom is -0.496 e. The molecular weight excluding hydrogens is 264 g/mol. The van der Waals surface area contributed by atoms with Crippen molar-refractivity contribution >= 4 is 11.9 Å². The van der Waals surface area contributed by atoms with E-state index in [0.717, 1.165) is 23.7 Å². The topological polar surface area (TPSA) is 35.5 Å². The average molecular weight is 282 g/mol. The molecule has 0 spiro atoms. The maximum absolute atomic E-state index is 10.7. The first-order valence-corrected chi connectivity index (χ1v) is 6.72. The maximum Gasteiger partial charge on any atom is 0.152 e. The molecule has 21 heavy (non-hydrogen) atoms. The van der Waals surface area contributed by atoms with E-state index in [1.807, 2.05) is 36.4 Å². The van der Waals surface area contributed by atoms with Crippen molar-refractivity contribution in [2.75, 3.05) is 7.11 Å². The van der Waals surface area contributed by atoms with E-state index in [-0.39, 0.29) is 5.78 Å². The third kappa shape index (κ3) is 4.49. The van der Waals surface area contributed by atoms with Crippen LogP contribution in [0.4, 0.5) is 0 Å². The summed E-state index contributed by atoms with van der Waals surface area (Å²) in [5.41, 5.74) is 2.18. The first kappa shape index (κ1) is 14.9. The lowest BCUT2D eigenvalue weighted by Crippen LogP contribution is -2.00. The van der Waals surface area contributed by atoms with E-state index < -0.39 is 0 Å². The molecule has 0 atom stereocenters. The Bertz CT molecular complexity index is 604. The van der Waals surface area contributed by atoms with Crippen LogP contribution < -0.4 is 9.47 Å². The van der Waals surface area contributed by atoms with Gasteiger partial charge in [-0.2, -0.15) is 0 Å². The molecule has 0 N–H and O–H groups in total. The second-order valence-corrected chi connectivity index (χ2v) is 4.62. The van der Waals surface area contributed by atoms with Gasteiger partial charge in [0, 0.05) is 5.56 Å². The number of carbonyl (C=O) groups is 1. The minimum absolute atomic E-state index is 0.0332. The Kier molecular flexibility index (Phi) is 5.16. The number of fused-ring (bicyclic) bond motifs is 3. The Labute approximate surface area is 124 Å². The Balaban J connectivity index is 0.000000170. The summed E-state index contributed by atoms with van der Waals surface area (Å²) in [4.78, 5) is 10.7. The molecule has 0 fully saturated rings. The SMILES string of the molecule is COc1ccccc1C=CC(C)=O.c1cc2ccc1CO2. The van der Waals surface area contributed by atoms with Gasteiger partial charge in [0.15, 0.2) is 5.78 Å². The number of para-hydroxylation sites is 1. The number of hydrogen-bond acceptors (Lipinski definition) is 3. The fourth-order valence-electron chi connectivity index (χ4n) is 1.86.